The minimum Gasteiger partial charge on any atom is -0.545 e. The Morgan fingerprint density at radius 1 is 0.565 bits per heavy atom. The maximum absolute atomic E-state index is 12.8. The number of carbonyl (C=O) groups is 4. The number of hydrogen-bond acceptors (Lipinski definition) is 8. The van der Waals surface area contributed by atoms with Crippen molar-refractivity contribution in [3.8, 4) is 0 Å². The van der Waals surface area contributed by atoms with Gasteiger partial charge in [-0.25, -0.2) is 0 Å². The summed E-state index contributed by atoms with van der Waals surface area (Å²) in [6.45, 7) is 5.78. The number of carboxylic acids is 2. The zero-order valence-electron chi connectivity index (χ0n) is 34.8. The molecule has 2 heterocycles. The van der Waals surface area contributed by atoms with Crippen molar-refractivity contribution in [2.24, 2.45) is 0 Å². The molecule has 10 nitrogen and oxygen atoms in total. The van der Waals surface area contributed by atoms with E-state index in [1.54, 1.807) is 38.1 Å². The topological polar surface area (TPSA) is 145 Å². The Labute approximate surface area is 379 Å². The summed E-state index contributed by atoms with van der Waals surface area (Å²) in [6, 6.07) is 20.9. The van der Waals surface area contributed by atoms with E-state index in [-0.39, 0.29) is 84.8 Å². The molecule has 18 heteroatoms. The molecule has 4 aromatic rings. The Balaban J connectivity index is 0.000000320. The number of aromatic carboxylic acids is 2. The smallest absolute Gasteiger partial charge is 0.545 e. The zero-order chi connectivity index (χ0) is 43.8. The summed E-state index contributed by atoms with van der Waals surface area (Å²) in [5.41, 5.74) is 1.70. The normalized spacial score (nSPS) is 17.6. The number of benzene rings is 4. The van der Waals surface area contributed by atoms with Crippen molar-refractivity contribution >= 4 is 23.8 Å². The van der Waals surface area contributed by atoms with Gasteiger partial charge < -0.3 is 30.4 Å². The van der Waals surface area contributed by atoms with Gasteiger partial charge in [0, 0.05) is 13.1 Å². The predicted molar refractivity (Wildman–Crippen MR) is 204 cm³/mol. The van der Waals surface area contributed by atoms with E-state index in [2.05, 4.69) is 10.6 Å². The van der Waals surface area contributed by atoms with Crippen LogP contribution in [-0.4, -0.2) is 58.7 Å². The standard InChI is InChI=1S/2C22H23F3N2O3.2Li/c2*1-14(16-6-8-17(9-7-16)21(29)30)26-20(28)19-3-2-12-27(19)13-15-4-10-18(11-5-15)22(23,24)25;;/h2*4-11,14,19H,2-3,12-13H2,1H3,(H,26,28)(H,29,30);;/q;;2*+1/p-2/t2*14-,19+;;/m00../s1. The Morgan fingerprint density at radius 3 is 1.15 bits per heavy atom. The van der Waals surface area contributed by atoms with Gasteiger partial charge in [-0.1, -0.05) is 72.8 Å². The summed E-state index contributed by atoms with van der Waals surface area (Å²) >= 11 is 0. The Hall–Kier alpha value is -4.55. The fraction of sp³-hybridized carbons (Fsp3) is 0.364. The van der Waals surface area contributed by atoms with Gasteiger partial charge in [-0.3, -0.25) is 19.4 Å². The molecule has 0 radical (unpaired) electrons. The first kappa shape index (κ1) is 51.8. The molecule has 2 N–H and O–H groups in total. The molecule has 0 bridgehead atoms. The number of nitrogens with zero attached hydrogens (tertiary/aromatic N) is 2. The number of halogens is 6. The second-order valence-corrected chi connectivity index (χ2v) is 14.9. The summed E-state index contributed by atoms with van der Waals surface area (Å²) in [4.78, 5) is 51.2. The van der Waals surface area contributed by atoms with Crippen LogP contribution in [0.3, 0.4) is 0 Å². The van der Waals surface area contributed by atoms with Gasteiger partial charge in [0.15, 0.2) is 0 Å². The number of carbonyl (C=O) groups excluding carboxylic acids is 4. The SMILES string of the molecule is C[C@H](NC(=O)[C@H]1CCCN1Cc1ccc(C(F)(F)F)cc1)c1ccc(C(=O)[O-])cc1.C[C@H](NC(=O)[C@H]1CCCN1Cc1ccc(C(F)(F)F)cc1)c1ccc(C(=O)[O-])cc1.[Li+].[Li+]. The first-order valence-electron chi connectivity index (χ1n) is 19.3. The Morgan fingerprint density at radius 2 is 0.871 bits per heavy atom. The van der Waals surface area contributed by atoms with Crippen molar-refractivity contribution in [2.45, 2.75) is 89.1 Å². The van der Waals surface area contributed by atoms with Crippen molar-refractivity contribution < 1.29 is 93.5 Å². The third-order valence-corrected chi connectivity index (χ3v) is 10.7. The predicted octanol–water partition coefficient (Wildman–Crippen LogP) is -0.171. The second kappa shape index (κ2) is 22.7. The molecule has 0 saturated carbocycles. The molecule has 0 unspecified atom stereocenters. The third-order valence-electron chi connectivity index (χ3n) is 10.7. The Kier molecular flexibility index (Phi) is 19.0. The van der Waals surface area contributed by atoms with E-state index in [0.29, 0.717) is 50.1 Å². The van der Waals surface area contributed by atoms with Crippen LogP contribution in [-0.2, 0) is 35.0 Å². The van der Waals surface area contributed by atoms with Crippen molar-refractivity contribution in [3.63, 3.8) is 0 Å². The van der Waals surface area contributed by atoms with Gasteiger partial charge in [0.2, 0.25) is 11.8 Å². The summed E-state index contributed by atoms with van der Waals surface area (Å²) < 4.78 is 76.3. The van der Waals surface area contributed by atoms with Crippen LogP contribution >= 0.6 is 0 Å². The minimum atomic E-state index is -4.37. The quantitative estimate of drug-likeness (QED) is 0.148. The Bertz CT molecular complexity index is 1950. The van der Waals surface area contributed by atoms with Crippen LogP contribution in [0.5, 0.6) is 0 Å². The molecule has 320 valence electrons. The van der Waals surface area contributed by atoms with Gasteiger partial charge in [-0.05, 0) is 110 Å². The molecule has 2 aliphatic rings. The van der Waals surface area contributed by atoms with Gasteiger partial charge in [0.1, 0.15) is 0 Å². The monoisotopic (exact) mass is 852 g/mol. The molecule has 62 heavy (non-hydrogen) atoms. The number of carboxylic acid groups (broad SMARTS) is 2. The van der Waals surface area contributed by atoms with Gasteiger partial charge in [0.25, 0.3) is 0 Å². The average molecular weight is 853 g/mol. The van der Waals surface area contributed by atoms with Crippen molar-refractivity contribution in [3.05, 3.63) is 142 Å². The summed E-state index contributed by atoms with van der Waals surface area (Å²) in [6.07, 6.45) is -5.75. The first-order chi connectivity index (χ1) is 28.3. The number of nitrogens with one attached hydrogen (secondary N) is 2. The summed E-state index contributed by atoms with van der Waals surface area (Å²) in [7, 11) is 0. The van der Waals surface area contributed by atoms with Crippen molar-refractivity contribution in [2.75, 3.05) is 13.1 Å². The molecular weight excluding hydrogens is 808 g/mol. The number of alkyl halides is 6. The summed E-state index contributed by atoms with van der Waals surface area (Å²) in [5.74, 6) is -2.84. The van der Waals surface area contributed by atoms with E-state index >= 15 is 0 Å². The van der Waals surface area contributed by atoms with E-state index < -0.39 is 35.4 Å². The molecule has 2 aliphatic heterocycles. The number of hydrogen-bond donors (Lipinski definition) is 2. The fourth-order valence-corrected chi connectivity index (χ4v) is 7.29. The maximum Gasteiger partial charge on any atom is 1.00 e. The molecule has 0 aliphatic carbocycles. The molecule has 2 fully saturated rings. The van der Waals surface area contributed by atoms with Crippen LogP contribution < -0.4 is 58.6 Å². The van der Waals surface area contributed by atoms with Gasteiger partial charge in [-0.2, -0.15) is 26.3 Å². The number of likely N-dealkylation sites (tertiary alicyclic amines) is 2. The van der Waals surface area contributed by atoms with Gasteiger partial charge >= 0.3 is 50.1 Å². The molecule has 2 amide bonds. The largest absolute Gasteiger partial charge is 1.00 e. The number of rotatable bonds is 12. The van der Waals surface area contributed by atoms with E-state index in [1.807, 2.05) is 9.80 Å². The maximum atomic E-state index is 12.8. The second-order valence-electron chi connectivity index (χ2n) is 14.9. The van der Waals surface area contributed by atoms with Crippen LogP contribution in [0, 0.1) is 0 Å². The fourth-order valence-electron chi connectivity index (χ4n) is 7.29. The van der Waals surface area contributed by atoms with E-state index in [0.717, 1.165) is 48.2 Å². The molecule has 2 saturated heterocycles. The average Bonchev–Trinajstić information content (AvgIpc) is 3.88. The van der Waals surface area contributed by atoms with Crippen molar-refractivity contribution in [1.82, 2.24) is 20.4 Å². The molecular formula is C44H44F6Li2N4O6. The molecule has 4 atom stereocenters. The molecule has 6 rings (SSSR count). The van der Waals surface area contributed by atoms with Crippen LogP contribution in [0.4, 0.5) is 26.3 Å². The molecule has 4 aromatic carbocycles. The van der Waals surface area contributed by atoms with Gasteiger partial charge in [-0.15, -0.1) is 0 Å². The first-order valence-corrected chi connectivity index (χ1v) is 19.3. The van der Waals surface area contributed by atoms with Crippen LogP contribution in [0.25, 0.3) is 0 Å². The van der Waals surface area contributed by atoms with E-state index in [1.165, 1.54) is 48.5 Å². The minimum absolute atomic E-state index is 0. The van der Waals surface area contributed by atoms with E-state index in [9.17, 15) is 55.7 Å². The van der Waals surface area contributed by atoms with Crippen LogP contribution in [0.2, 0.25) is 0 Å². The number of amides is 2. The molecule has 0 aromatic heterocycles. The van der Waals surface area contributed by atoms with Gasteiger partial charge in [0.05, 0.1) is 47.2 Å². The summed E-state index contributed by atoms with van der Waals surface area (Å²) in [5, 5.41) is 27.6. The van der Waals surface area contributed by atoms with Crippen LogP contribution in [0.1, 0.15) is 106 Å². The van der Waals surface area contributed by atoms with E-state index in [4.69, 9.17) is 0 Å². The molecule has 0 spiro atoms. The van der Waals surface area contributed by atoms with Crippen LogP contribution in [0.15, 0.2) is 97.1 Å². The van der Waals surface area contributed by atoms with Crippen molar-refractivity contribution in [1.29, 1.82) is 0 Å². The zero-order valence-corrected chi connectivity index (χ0v) is 34.8. The third kappa shape index (κ3) is 14.2.